The SMILES string of the molecule is CCCCNC(=O)OCCCC(C)(c1ccc(OC)cc1)c1ccc(OC(=O)Oc2ccc(C3(c4ccc(OC(C)=O)cc4)CCCCC3)cc2)cc1.COc1ccc(C(C)(CCCOC(=O)NCCC[Si](OC)(OC)OC)c2ccc(OC(=O)Oc3ccc(C4(c5ccc(OC(C)=O)cc5)CCCCC4)cc3)cc2)cc1. The average molecular weight is 1550 g/mol. The summed E-state index contributed by atoms with van der Waals surface area (Å²) in [5, 5.41) is 5.57. The van der Waals surface area contributed by atoms with E-state index in [1.54, 1.807) is 71.9 Å². The molecule has 2 fully saturated rings. The van der Waals surface area contributed by atoms with E-state index in [0.717, 1.165) is 115 Å². The maximum absolute atomic E-state index is 13.0. The molecule has 2 amide bonds. The topological polar surface area (TPSA) is 246 Å². The molecule has 0 spiro atoms. The maximum Gasteiger partial charge on any atom is 0.519 e. The number of alkyl carbamates (subject to hydrolysis) is 2. The van der Waals surface area contributed by atoms with Crippen molar-refractivity contribution in [3.05, 3.63) is 239 Å². The van der Waals surface area contributed by atoms with Gasteiger partial charge in [0.15, 0.2) is 0 Å². The first kappa shape index (κ1) is 85.5. The van der Waals surface area contributed by atoms with Gasteiger partial charge in [0.25, 0.3) is 0 Å². The summed E-state index contributed by atoms with van der Waals surface area (Å²) in [5.41, 5.74) is 7.50. The molecule has 2 aliphatic rings. The van der Waals surface area contributed by atoms with Crippen molar-refractivity contribution in [3.8, 4) is 46.0 Å². The van der Waals surface area contributed by atoms with E-state index >= 15 is 0 Å². The summed E-state index contributed by atoms with van der Waals surface area (Å²) in [7, 11) is 5.25. The fourth-order valence-electron chi connectivity index (χ4n) is 15.2. The van der Waals surface area contributed by atoms with Crippen molar-refractivity contribution in [3.63, 3.8) is 0 Å². The molecule has 0 saturated heterocycles. The molecular weight excluding hydrogens is 1440 g/mol. The molecule has 2 aliphatic carbocycles. The minimum Gasteiger partial charge on any atom is -0.497 e. The molecule has 2 atom stereocenters. The third kappa shape index (κ3) is 23.3. The fourth-order valence-corrected chi connectivity index (χ4v) is 17.0. The van der Waals surface area contributed by atoms with Crippen LogP contribution in [-0.4, -0.2) is 107 Å². The minimum absolute atomic E-state index is 0.177. The molecule has 112 heavy (non-hydrogen) atoms. The van der Waals surface area contributed by atoms with E-state index < -0.39 is 44.1 Å². The lowest BCUT2D eigenvalue weighted by atomic mass is 9.65. The van der Waals surface area contributed by atoms with Crippen molar-refractivity contribution >= 4 is 45.2 Å². The van der Waals surface area contributed by atoms with Crippen molar-refractivity contribution in [2.45, 2.75) is 171 Å². The van der Waals surface area contributed by atoms with E-state index in [-0.39, 0.29) is 29.4 Å². The Bertz CT molecular complexity index is 4270. The lowest BCUT2D eigenvalue weighted by Gasteiger charge is -2.38. The zero-order valence-corrected chi connectivity index (χ0v) is 67.3. The molecule has 21 nitrogen and oxygen atoms in total. The molecule has 0 radical (unpaired) electrons. The highest BCUT2D eigenvalue weighted by Gasteiger charge is 2.40. The largest absolute Gasteiger partial charge is 0.519 e. The standard InChI is InChI=1S/C46H57NO11Si.C44H51NO8/c1-34(48)56-40-24-16-37(17-25-40)46(29-8-7-9-30-46)38-18-26-42(27-19-38)58-44(50)57-41-22-14-36(15-23-41)45(2,35-12-20-39(51-3)21-13-35)28-10-32-55-43(49)47-31-11-33-59(52-4,53-5)54-6;1-5-6-30-45-41(47)50-31-10-27-43(3,33-11-19-37(49-4)20-12-33)34-13-21-39(22-14-34)52-42(48)53-40-25-17-36(18-26-40)44(28-8-7-9-29-44)35-15-23-38(24-16-35)51-32(2)46/h12-27H,7-11,28-33H2,1-6H3,(H,47,49);11-26H,5-10,27-31H2,1-4H3,(H,45,47). The number of carbonyl (C=O) groups is 6. The number of hydrogen-bond donors (Lipinski definition) is 2. The Balaban J connectivity index is 0.000000259. The van der Waals surface area contributed by atoms with E-state index in [2.05, 4.69) is 31.4 Å². The van der Waals surface area contributed by atoms with Gasteiger partial charge in [-0.3, -0.25) is 9.59 Å². The number of ether oxygens (including phenoxy) is 10. The van der Waals surface area contributed by atoms with Crippen LogP contribution < -0.4 is 48.5 Å². The Hall–Kier alpha value is -10.5. The van der Waals surface area contributed by atoms with Gasteiger partial charge in [0, 0.05) is 76.0 Å². The highest BCUT2D eigenvalue weighted by molar-refractivity contribution is 6.60. The quantitative estimate of drug-likeness (QED) is 0.0125. The van der Waals surface area contributed by atoms with Crippen LogP contribution in [0.25, 0.3) is 0 Å². The number of hydrogen-bond acceptors (Lipinski definition) is 19. The zero-order valence-electron chi connectivity index (χ0n) is 66.3. The first-order valence-electron chi connectivity index (χ1n) is 38.7. The number of benzene rings is 8. The van der Waals surface area contributed by atoms with E-state index in [9.17, 15) is 28.8 Å². The lowest BCUT2D eigenvalue weighted by Crippen LogP contribution is -2.43. The minimum atomic E-state index is -2.70. The average Bonchev–Trinajstić information content (AvgIpc) is 0.774. The number of unbranched alkanes of at least 4 members (excludes halogenated alkanes) is 1. The summed E-state index contributed by atoms with van der Waals surface area (Å²) < 4.78 is 70.9. The van der Waals surface area contributed by atoms with Crippen molar-refractivity contribution in [2.75, 3.05) is 61.9 Å². The maximum atomic E-state index is 13.0. The lowest BCUT2D eigenvalue weighted by molar-refractivity contribution is -0.132. The Morgan fingerprint density at radius 1 is 0.357 bits per heavy atom. The third-order valence-electron chi connectivity index (χ3n) is 21.6. The van der Waals surface area contributed by atoms with E-state index in [1.165, 1.54) is 32.3 Å². The second kappa shape index (κ2) is 41.7. The van der Waals surface area contributed by atoms with Crippen LogP contribution in [-0.2, 0) is 54.0 Å². The number of esters is 2. The third-order valence-corrected chi connectivity index (χ3v) is 24.4. The van der Waals surface area contributed by atoms with Crippen molar-refractivity contribution in [2.24, 2.45) is 0 Å². The molecule has 0 bridgehead atoms. The van der Waals surface area contributed by atoms with Crippen LogP contribution in [0.5, 0.6) is 46.0 Å². The van der Waals surface area contributed by atoms with E-state index in [0.29, 0.717) is 92.3 Å². The summed E-state index contributed by atoms with van der Waals surface area (Å²) in [4.78, 5) is 73.2. The molecule has 2 N–H and O–H groups in total. The molecule has 22 heteroatoms. The Kier molecular flexibility index (Phi) is 31.8. The van der Waals surface area contributed by atoms with Crippen LogP contribution in [0.4, 0.5) is 19.2 Å². The van der Waals surface area contributed by atoms with Gasteiger partial charge in [-0.15, -0.1) is 0 Å². The summed E-state index contributed by atoms with van der Waals surface area (Å²) in [6.45, 7) is 10.7. The number of nitrogens with one attached hydrogen (secondary N) is 2. The first-order valence-corrected chi connectivity index (χ1v) is 40.6. The monoisotopic (exact) mass is 1550 g/mol. The Morgan fingerprint density at radius 3 is 0.893 bits per heavy atom. The Morgan fingerprint density at radius 2 is 0.625 bits per heavy atom. The molecule has 8 aromatic rings. The number of rotatable bonds is 34. The van der Waals surface area contributed by atoms with Crippen LogP contribution in [0.2, 0.25) is 6.04 Å². The van der Waals surface area contributed by atoms with Crippen molar-refractivity contribution < 1.29 is 89.4 Å². The van der Waals surface area contributed by atoms with Crippen LogP contribution in [0.15, 0.2) is 194 Å². The zero-order chi connectivity index (χ0) is 80.0. The van der Waals surface area contributed by atoms with E-state index in [1.807, 2.05) is 158 Å². The second-order valence-corrected chi connectivity index (χ2v) is 31.8. The van der Waals surface area contributed by atoms with Crippen LogP contribution in [0.1, 0.15) is 188 Å². The first-order chi connectivity index (χ1) is 54.1. The van der Waals surface area contributed by atoms with E-state index in [4.69, 9.17) is 60.6 Å². The molecule has 596 valence electrons. The smallest absolute Gasteiger partial charge is 0.497 e. The number of carbonyl (C=O) groups excluding carboxylic acids is 6. The highest BCUT2D eigenvalue weighted by atomic mass is 28.4. The molecule has 0 aliphatic heterocycles. The summed E-state index contributed by atoms with van der Waals surface area (Å²) in [5.74, 6) is 3.33. The van der Waals surface area contributed by atoms with Crippen LogP contribution >= 0.6 is 0 Å². The van der Waals surface area contributed by atoms with Gasteiger partial charge in [0.05, 0.1) is 27.4 Å². The van der Waals surface area contributed by atoms with Gasteiger partial charge in [0.1, 0.15) is 46.0 Å². The van der Waals surface area contributed by atoms with Gasteiger partial charge in [0.2, 0.25) is 0 Å². The van der Waals surface area contributed by atoms with Crippen LogP contribution in [0, 0.1) is 0 Å². The molecular formula is C90H108N2O19Si. The predicted molar refractivity (Wildman–Crippen MR) is 429 cm³/mol. The van der Waals surface area contributed by atoms with Gasteiger partial charge >= 0.3 is 45.2 Å². The van der Waals surface area contributed by atoms with Gasteiger partial charge in [-0.1, -0.05) is 163 Å². The summed E-state index contributed by atoms with van der Waals surface area (Å²) in [6, 6.07) is 62.0. The molecule has 10 rings (SSSR count). The Labute approximate surface area is 659 Å². The molecule has 8 aromatic carbocycles. The van der Waals surface area contributed by atoms with Crippen molar-refractivity contribution in [1.29, 1.82) is 0 Å². The highest BCUT2D eigenvalue weighted by Crippen LogP contribution is 2.48. The number of methoxy groups -OCH3 is 2. The molecule has 2 saturated carbocycles. The van der Waals surface area contributed by atoms with Gasteiger partial charge in [-0.25, -0.2) is 19.2 Å². The van der Waals surface area contributed by atoms with Gasteiger partial charge in [-0.05, 0) is 206 Å². The normalized spacial score (nSPS) is 14.7. The van der Waals surface area contributed by atoms with Gasteiger partial charge in [-0.2, -0.15) is 0 Å². The predicted octanol–water partition coefficient (Wildman–Crippen LogP) is 19.6. The van der Waals surface area contributed by atoms with Gasteiger partial charge < -0.3 is 71.3 Å². The second-order valence-electron chi connectivity index (χ2n) is 28.7. The van der Waals surface area contributed by atoms with Crippen LogP contribution in [0.3, 0.4) is 0 Å². The molecule has 0 aromatic heterocycles. The molecule has 2 unspecified atom stereocenters. The summed E-state index contributed by atoms with van der Waals surface area (Å²) in [6.07, 6.45) is 13.4. The molecule has 0 heterocycles. The number of amides is 2. The van der Waals surface area contributed by atoms with Crippen molar-refractivity contribution in [1.82, 2.24) is 10.6 Å². The fraction of sp³-hybridized carbons (Fsp3) is 0.400. The summed E-state index contributed by atoms with van der Waals surface area (Å²) >= 11 is 0.